The van der Waals surface area contributed by atoms with Crippen LogP contribution in [0, 0.1) is 5.92 Å². The zero-order valence-electron chi connectivity index (χ0n) is 13.0. The van der Waals surface area contributed by atoms with Gasteiger partial charge < -0.3 is 5.32 Å². The maximum Gasteiger partial charge on any atom is 0.229 e. The lowest BCUT2D eigenvalue weighted by molar-refractivity contribution is -0.125. The summed E-state index contributed by atoms with van der Waals surface area (Å²) in [7, 11) is -3.30. The zero-order valence-corrected chi connectivity index (χ0v) is 13.8. The fourth-order valence-electron chi connectivity index (χ4n) is 2.16. The molecule has 0 saturated heterocycles. The molecule has 1 aromatic rings. The molecule has 5 nitrogen and oxygen atoms in total. The lowest BCUT2D eigenvalue weighted by Gasteiger charge is -2.19. The van der Waals surface area contributed by atoms with Crippen molar-refractivity contribution in [2.45, 2.75) is 39.7 Å². The first-order valence-electron chi connectivity index (χ1n) is 7.15. The molecule has 21 heavy (non-hydrogen) atoms. The number of nitrogens with one attached hydrogen (secondary N) is 2. The van der Waals surface area contributed by atoms with Crippen molar-refractivity contribution in [1.29, 1.82) is 0 Å². The highest BCUT2D eigenvalue weighted by molar-refractivity contribution is 7.92. The van der Waals surface area contributed by atoms with Crippen molar-refractivity contribution >= 4 is 21.6 Å². The van der Waals surface area contributed by atoms with Crippen LogP contribution >= 0.6 is 0 Å². The zero-order chi connectivity index (χ0) is 16.0. The van der Waals surface area contributed by atoms with Crippen LogP contribution < -0.4 is 10.0 Å². The molecule has 0 bridgehead atoms. The minimum Gasteiger partial charge on any atom is -0.349 e. The number of hydrogen-bond acceptors (Lipinski definition) is 3. The molecular formula is C15H24N2O3S. The highest BCUT2D eigenvalue weighted by Crippen LogP contribution is 2.19. The van der Waals surface area contributed by atoms with E-state index in [1.165, 1.54) is 0 Å². The fourth-order valence-corrected chi connectivity index (χ4v) is 2.71. The van der Waals surface area contributed by atoms with E-state index < -0.39 is 10.0 Å². The van der Waals surface area contributed by atoms with Crippen molar-refractivity contribution in [2.75, 3.05) is 11.0 Å². The summed E-state index contributed by atoms with van der Waals surface area (Å²) in [6, 6.07) is 6.88. The van der Waals surface area contributed by atoms with Gasteiger partial charge in [0.1, 0.15) is 0 Å². The molecule has 118 valence electrons. The van der Waals surface area contributed by atoms with Crippen LogP contribution in [0.2, 0.25) is 0 Å². The van der Waals surface area contributed by atoms with Gasteiger partial charge in [0.05, 0.1) is 12.3 Å². The van der Waals surface area contributed by atoms with Gasteiger partial charge in [0.15, 0.2) is 0 Å². The topological polar surface area (TPSA) is 75.3 Å². The van der Waals surface area contributed by atoms with E-state index in [1.54, 1.807) is 18.2 Å². The molecule has 1 atom stereocenters. The molecule has 0 spiro atoms. The van der Waals surface area contributed by atoms with Crippen LogP contribution in [-0.4, -0.2) is 20.6 Å². The third kappa shape index (κ3) is 5.75. The van der Waals surface area contributed by atoms with E-state index >= 15 is 0 Å². The highest BCUT2D eigenvalue weighted by atomic mass is 32.2. The number of amides is 1. The van der Waals surface area contributed by atoms with Crippen molar-refractivity contribution in [1.82, 2.24) is 5.32 Å². The van der Waals surface area contributed by atoms with Crippen molar-refractivity contribution < 1.29 is 13.2 Å². The molecule has 6 heteroatoms. The Bertz CT molecular complexity index is 580. The Hall–Kier alpha value is -1.56. The Balaban J connectivity index is 2.81. The maximum absolute atomic E-state index is 12.1. The Labute approximate surface area is 127 Å². The highest BCUT2D eigenvalue weighted by Gasteiger charge is 2.17. The lowest BCUT2D eigenvalue weighted by Crippen LogP contribution is -2.32. The molecule has 1 amide bonds. The van der Waals surface area contributed by atoms with Gasteiger partial charge in [0, 0.05) is 11.6 Å². The smallest absolute Gasteiger partial charge is 0.229 e. The van der Waals surface area contributed by atoms with E-state index in [1.807, 2.05) is 26.8 Å². The van der Waals surface area contributed by atoms with Crippen LogP contribution in [0.1, 0.15) is 45.2 Å². The Kier molecular flexibility index (Phi) is 6.20. The van der Waals surface area contributed by atoms with Gasteiger partial charge in [-0.25, -0.2) is 8.42 Å². The molecule has 0 saturated carbocycles. The van der Waals surface area contributed by atoms with Crippen LogP contribution in [0.5, 0.6) is 0 Å². The predicted octanol–water partition coefficient (Wildman–Crippen LogP) is 2.67. The van der Waals surface area contributed by atoms with Crippen LogP contribution in [0.25, 0.3) is 0 Å². The number of carbonyl (C=O) groups is 1. The summed E-state index contributed by atoms with van der Waals surface area (Å²) in [4.78, 5) is 12.1. The first-order valence-corrected chi connectivity index (χ1v) is 9.04. The van der Waals surface area contributed by atoms with Crippen LogP contribution in [0.3, 0.4) is 0 Å². The largest absolute Gasteiger partial charge is 0.349 e. The molecule has 0 radical (unpaired) electrons. The molecule has 1 aromatic carbocycles. The summed E-state index contributed by atoms with van der Waals surface area (Å²) in [6.07, 6.45) is 2.73. The molecule has 0 fully saturated rings. The number of carbonyl (C=O) groups excluding carboxylic acids is 1. The molecule has 0 aliphatic carbocycles. The molecule has 0 aliphatic rings. The minimum absolute atomic E-state index is 0.0183. The second-order valence-corrected chi connectivity index (χ2v) is 6.99. The van der Waals surface area contributed by atoms with Gasteiger partial charge in [-0.15, -0.1) is 0 Å². The summed E-state index contributed by atoms with van der Waals surface area (Å²) in [6.45, 7) is 5.88. The van der Waals surface area contributed by atoms with Gasteiger partial charge in [-0.3, -0.25) is 9.52 Å². The van der Waals surface area contributed by atoms with Crippen LogP contribution in [0.15, 0.2) is 24.3 Å². The molecule has 0 unspecified atom stereocenters. The fraction of sp³-hybridized carbons (Fsp3) is 0.533. The molecule has 2 N–H and O–H groups in total. The summed E-state index contributed by atoms with van der Waals surface area (Å²) in [5, 5.41) is 2.97. The molecular weight excluding hydrogens is 288 g/mol. The first kappa shape index (κ1) is 17.5. The van der Waals surface area contributed by atoms with Crippen molar-refractivity contribution in [3.63, 3.8) is 0 Å². The second kappa shape index (κ2) is 7.45. The standard InChI is InChI=1S/C15H24N2O3S/c1-5-12(6-2)15(18)16-11(3)13-8-7-9-14(10-13)17-21(4,19)20/h7-12,17H,5-6H2,1-4H3,(H,16,18)/t11-/m0/s1. The van der Waals surface area contributed by atoms with E-state index in [-0.39, 0.29) is 17.9 Å². The average Bonchev–Trinajstić information content (AvgIpc) is 2.38. The van der Waals surface area contributed by atoms with Crippen molar-refractivity contribution in [3.05, 3.63) is 29.8 Å². The number of benzene rings is 1. The third-order valence-corrected chi connectivity index (χ3v) is 4.01. The van der Waals surface area contributed by atoms with E-state index in [2.05, 4.69) is 10.0 Å². The van der Waals surface area contributed by atoms with Crippen molar-refractivity contribution in [2.24, 2.45) is 5.92 Å². The van der Waals surface area contributed by atoms with Crippen LogP contribution in [-0.2, 0) is 14.8 Å². The van der Waals surface area contributed by atoms with Gasteiger partial charge in [0.2, 0.25) is 15.9 Å². The Morgan fingerprint density at radius 1 is 1.24 bits per heavy atom. The normalized spacial score (nSPS) is 13.0. The average molecular weight is 312 g/mol. The summed E-state index contributed by atoms with van der Waals surface area (Å²) in [5.41, 5.74) is 1.36. The van der Waals surface area contributed by atoms with E-state index in [4.69, 9.17) is 0 Å². The van der Waals surface area contributed by atoms with Crippen LogP contribution in [0.4, 0.5) is 5.69 Å². The summed E-state index contributed by atoms with van der Waals surface area (Å²) < 4.78 is 24.9. The van der Waals surface area contributed by atoms with Gasteiger partial charge >= 0.3 is 0 Å². The second-order valence-electron chi connectivity index (χ2n) is 5.24. The predicted molar refractivity (Wildman–Crippen MR) is 85.5 cm³/mol. The van der Waals surface area contributed by atoms with E-state index in [0.717, 1.165) is 24.7 Å². The molecule has 0 aliphatic heterocycles. The van der Waals surface area contributed by atoms with Gasteiger partial charge in [0.25, 0.3) is 0 Å². The quantitative estimate of drug-likeness (QED) is 0.813. The SMILES string of the molecule is CCC(CC)C(=O)N[C@@H](C)c1cccc(NS(C)(=O)=O)c1. The van der Waals surface area contributed by atoms with E-state index in [9.17, 15) is 13.2 Å². The van der Waals surface area contributed by atoms with E-state index in [0.29, 0.717) is 5.69 Å². The number of rotatable bonds is 7. The molecule has 0 aromatic heterocycles. The monoisotopic (exact) mass is 312 g/mol. The van der Waals surface area contributed by atoms with Gasteiger partial charge in [-0.2, -0.15) is 0 Å². The summed E-state index contributed by atoms with van der Waals surface area (Å²) in [5.74, 6) is 0.0544. The maximum atomic E-state index is 12.1. The van der Waals surface area contributed by atoms with Gasteiger partial charge in [-0.05, 0) is 37.5 Å². The van der Waals surface area contributed by atoms with Crippen molar-refractivity contribution in [3.8, 4) is 0 Å². The minimum atomic E-state index is -3.30. The Morgan fingerprint density at radius 3 is 2.38 bits per heavy atom. The Morgan fingerprint density at radius 2 is 1.86 bits per heavy atom. The molecule has 0 heterocycles. The molecule has 1 rings (SSSR count). The lowest BCUT2D eigenvalue weighted by atomic mass is 10.0. The number of anilines is 1. The number of hydrogen-bond donors (Lipinski definition) is 2. The first-order chi connectivity index (χ1) is 9.76. The number of sulfonamides is 1. The summed E-state index contributed by atoms with van der Waals surface area (Å²) >= 11 is 0. The van der Waals surface area contributed by atoms with Gasteiger partial charge in [-0.1, -0.05) is 26.0 Å². The third-order valence-electron chi connectivity index (χ3n) is 3.41.